The number of rotatable bonds is 3. The summed E-state index contributed by atoms with van der Waals surface area (Å²) in [4.78, 5) is 2.07. The van der Waals surface area contributed by atoms with Crippen molar-refractivity contribution in [2.24, 2.45) is 0 Å². The number of hydrogen-bond donors (Lipinski definition) is 1. The van der Waals surface area contributed by atoms with Crippen molar-refractivity contribution in [3.05, 3.63) is 93.2 Å². The minimum absolute atomic E-state index is 0.614. The number of benzene rings is 4. The van der Waals surface area contributed by atoms with Crippen LogP contribution in [0.2, 0.25) is 15.1 Å². The molecule has 4 aromatic carbocycles. The fourth-order valence-corrected chi connectivity index (χ4v) is 4.76. The van der Waals surface area contributed by atoms with Gasteiger partial charge in [0.05, 0.1) is 0 Å². The molecule has 31 heavy (non-hydrogen) atoms. The molecule has 0 aliphatic carbocycles. The Morgan fingerprint density at radius 3 is 2.23 bits per heavy atom. The lowest BCUT2D eigenvalue weighted by molar-refractivity contribution is 0.522. The summed E-state index contributed by atoms with van der Waals surface area (Å²) in [5.41, 5.74) is 6.39. The normalized spacial score (nSPS) is 12.5. The van der Waals surface area contributed by atoms with Crippen LogP contribution < -0.4 is 5.32 Å². The van der Waals surface area contributed by atoms with E-state index in [0.717, 1.165) is 44.7 Å². The van der Waals surface area contributed by atoms with Gasteiger partial charge in [-0.05, 0) is 70.1 Å². The second-order valence-corrected chi connectivity index (χ2v) is 9.08. The molecule has 0 radical (unpaired) electrons. The van der Waals surface area contributed by atoms with Gasteiger partial charge in [-0.2, -0.15) is 0 Å². The van der Waals surface area contributed by atoms with Crippen molar-refractivity contribution in [2.45, 2.75) is 0 Å². The molecule has 0 unspecified atom stereocenters. The van der Waals surface area contributed by atoms with Crippen molar-refractivity contribution >= 4 is 57.3 Å². The Hall–Kier alpha value is -2.65. The first-order valence-corrected chi connectivity index (χ1v) is 11.0. The van der Waals surface area contributed by atoms with Crippen LogP contribution in [0.15, 0.2) is 72.6 Å². The van der Waals surface area contributed by atoms with Crippen LogP contribution in [0.4, 0.5) is 5.69 Å². The molecule has 1 aliphatic heterocycles. The zero-order valence-corrected chi connectivity index (χ0v) is 19.3. The van der Waals surface area contributed by atoms with E-state index in [9.17, 15) is 0 Å². The van der Waals surface area contributed by atoms with E-state index in [1.165, 1.54) is 5.39 Å². The monoisotopic (exact) mass is 464 g/mol. The number of nitrogens with one attached hydrogen (secondary N) is 1. The number of hydrogen-bond acceptors (Lipinski definition) is 2. The molecule has 5 rings (SSSR count). The molecule has 0 amide bonds. The van der Waals surface area contributed by atoms with E-state index in [2.05, 4.69) is 40.6 Å². The van der Waals surface area contributed by atoms with Gasteiger partial charge in [0.1, 0.15) is 5.82 Å². The first-order valence-electron chi connectivity index (χ1n) is 9.89. The first-order chi connectivity index (χ1) is 14.9. The molecule has 1 heterocycles. The fraction of sp³-hybridized carbons (Fsp3) is 0.0769. The maximum atomic E-state index is 6.73. The Kier molecular flexibility index (Phi) is 5.10. The van der Waals surface area contributed by atoms with Crippen LogP contribution in [-0.2, 0) is 0 Å². The molecule has 0 saturated heterocycles. The van der Waals surface area contributed by atoms with Crippen LogP contribution in [0, 0.1) is 0 Å². The van der Waals surface area contributed by atoms with Crippen LogP contribution in [0.5, 0.6) is 0 Å². The summed E-state index contributed by atoms with van der Waals surface area (Å²) < 4.78 is 0. The molecule has 1 N–H and O–H groups in total. The van der Waals surface area contributed by atoms with Crippen LogP contribution >= 0.6 is 34.8 Å². The molecule has 4 aromatic rings. The van der Waals surface area contributed by atoms with Gasteiger partial charge >= 0.3 is 0 Å². The Labute approximate surface area is 196 Å². The highest BCUT2D eigenvalue weighted by molar-refractivity contribution is 6.37. The SMILES string of the molecule is CN(C)C1=Cc2c(-c3ccc(Cl)cc3Cl)c(-c3ccc(Cl)cc3)cc3cccc(c23)N1. The Bertz CT molecular complexity index is 1360. The Morgan fingerprint density at radius 2 is 1.52 bits per heavy atom. The lowest BCUT2D eigenvalue weighted by Gasteiger charge is -2.28. The van der Waals surface area contributed by atoms with E-state index in [0.29, 0.717) is 15.1 Å². The van der Waals surface area contributed by atoms with Crippen molar-refractivity contribution in [3.63, 3.8) is 0 Å². The molecule has 0 saturated carbocycles. The van der Waals surface area contributed by atoms with E-state index < -0.39 is 0 Å². The van der Waals surface area contributed by atoms with Gasteiger partial charge in [0.2, 0.25) is 0 Å². The average Bonchev–Trinajstić information content (AvgIpc) is 2.75. The van der Waals surface area contributed by atoms with Gasteiger partial charge in [0, 0.05) is 45.8 Å². The lowest BCUT2D eigenvalue weighted by Crippen LogP contribution is -2.20. The van der Waals surface area contributed by atoms with Crippen molar-refractivity contribution in [1.29, 1.82) is 0 Å². The molecule has 0 bridgehead atoms. The third-order valence-electron chi connectivity index (χ3n) is 5.59. The molecule has 5 heteroatoms. The summed E-state index contributed by atoms with van der Waals surface area (Å²) in [6.45, 7) is 0. The second kappa shape index (κ2) is 7.80. The highest BCUT2D eigenvalue weighted by Crippen LogP contribution is 2.47. The number of anilines is 1. The molecule has 154 valence electrons. The van der Waals surface area contributed by atoms with Gasteiger partial charge < -0.3 is 10.2 Å². The zero-order chi connectivity index (χ0) is 21.7. The zero-order valence-electron chi connectivity index (χ0n) is 17.0. The van der Waals surface area contributed by atoms with E-state index in [-0.39, 0.29) is 0 Å². The smallest absolute Gasteiger partial charge is 0.106 e. The highest BCUT2D eigenvalue weighted by Gasteiger charge is 2.23. The highest BCUT2D eigenvalue weighted by atomic mass is 35.5. The van der Waals surface area contributed by atoms with Crippen molar-refractivity contribution in [1.82, 2.24) is 4.90 Å². The maximum Gasteiger partial charge on any atom is 0.106 e. The summed E-state index contributed by atoms with van der Waals surface area (Å²) in [5, 5.41) is 7.82. The van der Waals surface area contributed by atoms with Crippen molar-refractivity contribution < 1.29 is 0 Å². The quantitative estimate of drug-likeness (QED) is 0.326. The van der Waals surface area contributed by atoms with Crippen LogP contribution in [0.25, 0.3) is 39.1 Å². The summed E-state index contributed by atoms with van der Waals surface area (Å²) in [6.07, 6.45) is 2.19. The third kappa shape index (κ3) is 3.55. The van der Waals surface area contributed by atoms with Gasteiger partial charge in [-0.15, -0.1) is 0 Å². The molecule has 2 nitrogen and oxygen atoms in total. The van der Waals surface area contributed by atoms with E-state index in [4.69, 9.17) is 34.8 Å². The standard InChI is InChI=1S/C26H19Cl3N2/c1-31(2)24-14-21-25-16(4-3-5-23(25)30-24)12-20(15-6-8-17(27)9-7-15)26(21)19-11-10-18(28)13-22(19)29/h3-14,30H,1-2H3. The second-order valence-electron chi connectivity index (χ2n) is 7.80. The van der Waals surface area contributed by atoms with Crippen LogP contribution in [0.1, 0.15) is 5.56 Å². The van der Waals surface area contributed by atoms with Gasteiger partial charge in [-0.25, -0.2) is 0 Å². The summed E-state index contributed by atoms with van der Waals surface area (Å²) in [5.74, 6) is 1.01. The molecule has 0 aromatic heterocycles. The number of halogens is 3. The third-order valence-corrected chi connectivity index (χ3v) is 6.39. The molecular weight excluding hydrogens is 447 g/mol. The average molecular weight is 466 g/mol. The minimum Gasteiger partial charge on any atom is -0.364 e. The Morgan fingerprint density at radius 1 is 0.774 bits per heavy atom. The van der Waals surface area contributed by atoms with Crippen molar-refractivity contribution in [3.8, 4) is 22.3 Å². The predicted molar refractivity (Wildman–Crippen MR) is 135 cm³/mol. The molecule has 0 spiro atoms. The Balaban J connectivity index is 1.94. The van der Waals surface area contributed by atoms with Crippen LogP contribution in [-0.4, -0.2) is 19.0 Å². The predicted octanol–water partition coefficient (Wildman–Crippen LogP) is 8.42. The number of nitrogens with zero attached hydrogens (tertiary/aromatic N) is 1. The van der Waals surface area contributed by atoms with E-state index in [1.54, 1.807) is 6.07 Å². The minimum atomic E-state index is 0.614. The van der Waals surface area contributed by atoms with Gasteiger partial charge in [0.25, 0.3) is 0 Å². The van der Waals surface area contributed by atoms with E-state index >= 15 is 0 Å². The summed E-state index contributed by atoms with van der Waals surface area (Å²) >= 11 is 19.1. The van der Waals surface area contributed by atoms with Gasteiger partial charge in [-0.1, -0.05) is 65.1 Å². The van der Waals surface area contributed by atoms with Crippen molar-refractivity contribution in [2.75, 3.05) is 19.4 Å². The summed E-state index contributed by atoms with van der Waals surface area (Å²) in [6, 6.07) is 22.2. The fourth-order valence-electron chi connectivity index (χ4n) is 4.13. The molecule has 1 aliphatic rings. The van der Waals surface area contributed by atoms with Crippen LogP contribution in [0.3, 0.4) is 0 Å². The van der Waals surface area contributed by atoms with E-state index in [1.807, 2.05) is 50.5 Å². The maximum absolute atomic E-state index is 6.73. The topological polar surface area (TPSA) is 15.3 Å². The molecule has 0 atom stereocenters. The molecule has 0 fully saturated rings. The lowest BCUT2D eigenvalue weighted by atomic mass is 9.85. The van der Waals surface area contributed by atoms with Gasteiger partial charge in [0.15, 0.2) is 0 Å². The van der Waals surface area contributed by atoms with Gasteiger partial charge in [-0.3, -0.25) is 0 Å². The molecular formula is C26H19Cl3N2. The largest absolute Gasteiger partial charge is 0.364 e. The first kappa shape index (κ1) is 20.3. The summed E-state index contributed by atoms with van der Waals surface area (Å²) in [7, 11) is 4.06.